The molecule has 0 atom stereocenters. The minimum atomic E-state index is 0.0234. The van der Waals surface area contributed by atoms with Gasteiger partial charge in [-0.25, -0.2) is 0 Å². The molecule has 0 unspecified atom stereocenters. The monoisotopic (exact) mass is 267 g/mol. The quantitative estimate of drug-likeness (QED) is 0.845. The molecule has 0 aliphatic heterocycles. The van der Waals surface area contributed by atoms with Crippen LogP contribution >= 0.6 is 0 Å². The summed E-state index contributed by atoms with van der Waals surface area (Å²) in [6.45, 7) is 0.0234. The van der Waals surface area contributed by atoms with Crippen LogP contribution in [0.25, 0.3) is 0 Å². The van der Waals surface area contributed by atoms with E-state index in [1.165, 1.54) is 6.07 Å². The van der Waals surface area contributed by atoms with Crippen molar-refractivity contribution in [2.75, 3.05) is 6.61 Å². The third-order valence-corrected chi connectivity index (χ3v) is 2.83. The average Bonchev–Trinajstić information content (AvgIpc) is 2.50. The maximum absolute atomic E-state index is 10.7. The number of aldehydes is 1. The molecule has 0 radical (unpaired) electrons. The van der Waals surface area contributed by atoms with Gasteiger partial charge >= 0.3 is 0 Å². The summed E-state index contributed by atoms with van der Waals surface area (Å²) in [7, 11) is 0. The van der Waals surface area contributed by atoms with Crippen LogP contribution < -0.4 is 4.74 Å². The van der Waals surface area contributed by atoms with E-state index in [0.29, 0.717) is 35.3 Å². The van der Waals surface area contributed by atoms with Crippen LogP contribution in [-0.2, 0) is 6.42 Å². The largest absolute Gasteiger partial charge is 0.456 e. The Labute approximate surface area is 116 Å². The summed E-state index contributed by atoms with van der Waals surface area (Å²) in [5, 5.41) is 18.1. The lowest BCUT2D eigenvalue weighted by atomic mass is 10.1. The number of carbonyl (C=O) groups excluding carboxylic acids is 1. The zero-order valence-corrected chi connectivity index (χ0v) is 10.7. The van der Waals surface area contributed by atoms with Crippen LogP contribution in [0.3, 0.4) is 0 Å². The predicted octanol–water partition coefficient (Wildman–Crippen LogP) is 2.70. The SMILES string of the molecule is N#Cc1cc(C=O)ccc1Oc1ccccc1CCO. The van der Waals surface area contributed by atoms with Crippen LogP contribution in [0.1, 0.15) is 21.5 Å². The van der Waals surface area contributed by atoms with Crippen molar-refractivity contribution in [3.8, 4) is 17.6 Å². The highest BCUT2D eigenvalue weighted by molar-refractivity contribution is 5.76. The third-order valence-electron chi connectivity index (χ3n) is 2.83. The Balaban J connectivity index is 2.35. The summed E-state index contributed by atoms with van der Waals surface area (Å²) in [6, 6.07) is 14.0. The molecule has 0 heterocycles. The highest BCUT2D eigenvalue weighted by Gasteiger charge is 2.08. The van der Waals surface area contributed by atoms with Gasteiger partial charge in [0.2, 0.25) is 0 Å². The first-order valence-corrected chi connectivity index (χ1v) is 6.14. The van der Waals surface area contributed by atoms with Crippen LogP contribution in [-0.4, -0.2) is 18.0 Å². The van der Waals surface area contributed by atoms with E-state index in [2.05, 4.69) is 0 Å². The smallest absolute Gasteiger partial charge is 0.150 e. The number of nitrogens with zero attached hydrogens (tertiary/aromatic N) is 1. The van der Waals surface area contributed by atoms with Gasteiger partial charge in [0.05, 0.1) is 5.56 Å². The Bertz CT molecular complexity index is 659. The van der Waals surface area contributed by atoms with Crippen molar-refractivity contribution in [2.24, 2.45) is 0 Å². The lowest BCUT2D eigenvalue weighted by molar-refractivity contribution is 0.112. The Morgan fingerprint density at radius 2 is 2.00 bits per heavy atom. The molecular formula is C16H13NO3. The van der Waals surface area contributed by atoms with Crippen molar-refractivity contribution in [3.05, 3.63) is 59.2 Å². The van der Waals surface area contributed by atoms with Crippen molar-refractivity contribution in [3.63, 3.8) is 0 Å². The molecule has 0 spiro atoms. The van der Waals surface area contributed by atoms with E-state index < -0.39 is 0 Å². The number of aliphatic hydroxyl groups excluding tert-OH is 1. The lowest BCUT2D eigenvalue weighted by Crippen LogP contribution is -1.96. The molecule has 2 rings (SSSR count). The van der Waals surface area contributed by atoms with Gasteiger partial charge in [-0.1, -0.05) is 18.2 Å². The predicted molar refractivity (Wildman–Crippen MR) is 73.9 cm³/mol. The summed E-state index contributed by atoms with van der Waals surface area (Å²) in [5.74, 6) is 0.986. The number of ether oxygens (including phenoxy) is 1. The fourth-order valence-electron chi connectivity index (χ4n) is 1.85. The Morgan fingerprint density at radius 3 is 2.70 bits per heavy atom. The molecule has 20 heavy (non-hydrogen) atoms. The van der Waals surface area contributed by atoms with E-state index in [-0.39, 0.29) is 6.61 Å². The Morgan fingerprint density at radius 1 is 1.20 bits per heavy atom. The number of benzene rings is 2. The summed E-state index contributed by atoms with van der Waals surface area (Å²) in [5.41, 5.74) is 1.59. The molecule has 0 bridgehead atoms. The normalized spacial score (nSPS) is 9.80. The Hall–Kier alpha value is -2.64. The van der Waals surface area contributed by atoms with Gasteiger partial charge in [-0.05, 0) is 36.2 Å². The second-order valence-electron chi connectivity index (χ2n) is 4.17. The Kier molecular flexibility index (Phi) is 4.48. The zero-order chi connectivity index (χ0) is 14.4. The van der Waals surface area contributed by atoms with E-state index in [4.69, 9.17) is 15.1 Å². The van der Waals surface area contributed by atoms with Gasteiger partial charge < -0.3 is 9.84 Å². The topological polar surface area (TPSA) is 70.3 Å². The fraction of sp³-hybridized carbons (Fsp3) is 0.125. The minimum absolute atomic E-state index is 0.0234. The first kappa shape index (κ1) is 13.8. The molecule has 0 aliphatic carbocycles. The van der Waals surface area contributed by atoms with E-state index in [0.717, 1.165) is 5.56 Å². The number of nitriles is 1. The maximum Gasteiger partial charge on any atom is 0.150 e. The second kappa shape index (κ2) is 6.50. The molecule has 0 saturated heterocycles. The van der Waals surface area contributed by atoms with Gasteiger partial charge in [0.1, 0.15) is 23.9 Å². The molecular weight excluding hydrogens is 254 g/mol. The standard InChI is InChI=1S/C16H13NO3/c17-10-14-9-12(11-19)5-6-16(14)20-15-4-2-1-3-13(15)7-8-18/h1-6,9,11,18H,7-8H2. The van der Waals surface area contributed by atoms with E-state index >= 15 is 0 Å². The van der Waals surface area contributed by atoms with E-state index in [1.807, 2.05) is 24.3 Å². The molecule has 1 N–H and O–H groups in total. The van der Waals surface area contributed by atoms with E-state index in [1.54, 1.807) is 18.2 Å². The molecule has 2 aromatic carbocycles. The number of hydrogen-bond acceptors (Lipinski definition) is 4. The molecule has 100 valence electrons. The van der Waals surface area contributed by atoms with Crippen LogP contribution in [0.5, 0.6) is 11.5 Å². The number of aliphatic hydroxyl groups is 1. The number of carbonyl (C=O) groups is 1. The molecule has 2 aromatic rings. The molecule has 0 aliphatic rings. The average molecular weight is 267 g/mol. The summed E-state index contributed by atoms with van der Waals surface area (Å²) in [4.78, 5) is 10.7. The van der Waals surface area contributed by atoms with Gasteiger partial charge in [-0.2, -0.15) is 5.26 Å². The van der Waals surface area contributed by atoms with Crippen molar-refractivity contribution in [1.29, 1.82) is 5.26 Å². The van der Waals surface area contributed by atoms with Crippen LogP contribution in [0.4, 0.5) is 0 Å². The summed E-state index contributed by atoms with van der Waals surface area (Å²) >= 11 is 0. The fourth-order valence-corrected chi connectivity index (χ4v) is 1.85. The number of rotatable bonds is 5. The van der Waals surface area contributed by atoms with Crippen molar-refractivity contribution < 1.29 is 14.6 Å². The molecule has 4 heteroatoms. The lowest BCUT2D eigenvalue weighted by Gasteiger charge is -2.11. The summed E-state index contributed by atoms with van der Waals surface area (Å²) in [6.07, 6.45) is 1.16. The number of para-hydroxylation sites is 1. The summed E-state index contributed by atoms with van der Waals surface area (Å²) < 4.78 is 5.73. The zero-order valence-electron chi connectivity index (χ0n) is 10.7. The van der Waals surface area contributed by atoms with Crippen LogP contribution in [0.15, 0.2) is 42.5 Å². The first-order valence-electron chi connectivity index (χ1n) is 6.14. The van der Waals surface area contributed by atoms with Gasteiger partial charge in [0.25, 0.3) is 0 Å². The molecule has 0 amide bonds. The second-order valence-corrected chi connectivity index (χ2v) is 4.17. The van der Waals surface area contributed by atoms with Crippen molar-refractivity contribution >= 4 is 6.29 Å². The minimum Gasteiger partial charge on any atom is -0.456 e. The van der Waals surface area contributed by atoms with Gasteiger partial charge in [0.15, 0.2) is 0 Å². The molecule has 0 saturated carbocycles. The van der Waals surface area contributed by atoms with Gasteiger partial charge in [0, 0.05) is 12.2 Å². The highest BCUT2D eigenvalue weighted by Crippen LogP contribution is 2.28. The third kappa shape index (κ3) is 3.02. The highest BCUT2D eigenvalue weighted by atomic mass is 16.5. The number of hydrogen-bond donors (Lipinski definition) is 1. The molecule has 4 nitrogen and oxygen atoms in total. The van der Waals surface area contributed by atoms with Crippen molar-refractivity contribution in [2.45, 2.75) is 6.42 Å². The van der Waals surface area contributed by atoms with Crippen molar-refractivity contribution in [1.82, 2.24) is 0 Å². The van der Waals surface area contributed by atoms with Gasteiger partial charge in [-0.15, -0.1) is 0 Å². The van der Waals surface area contributed by atoms with Gasteiger partial charge in [-0.3, -0.25) is 4.79 Å². The molecule has 0 fully saturated rings. The first-order chi connectivity index (χ1) is 9.78. The molecule has 0 aromatic heterocycles. The van der Waals surface area contributed by atoms with Crippen LogP contribution in [0, 0.1) is 11.3 Å². The van der Waals surface area contributed by atoms with Crippen LogP contribution in [0.2, 0.25) is 0 Å². The maximum atomic E-state index is 10.7. The van der Waals surface area contributed by atoms with E-state index in [9.17, 15) is 4.79 Å².